The Morgan fingerprint density at radius 2 is 1.71 bits per heavy atom. The molecular weight excluding hydrogens is 224 g/mol. The molecule has 1 heteroatoms. The third-order valence-electron chi connectivity index (χ3n) is 4.12. The summed E-state index contributed by atoms with van der Waals surface area (Å²) in [6.07, 6.45) is 5.85. The summed E-state index contributed by atoms with van der Waals surface area (Å²) >= 11 is 1.53. The van der Waals surface area contributed by atoms with Crippen LogP contribution in [0.4, 0.5) is 0 Å². The SMILES string of the molecule is CC(C)C1CCC(C[SH+]c2ccccc2)CC1. The van der Waals surface area contributed by atoms with E-state index < -0.39 is 0 Å². The van der Waals surface area contributed by atoms with E-state index in [9.17, 15) is 0 Å². The van der Waals surface area contributed by atoms with Gasteiger partial charge < -0.3 is 0 Å². The van der Waals surface area contributed by atoms with E-state index in [1.807, 2.05) is 0 Å². The fourth-order valence-corrected chi connectivity index (χ4v) is 4.02. The van der Waals surface area contributed by atoms with E-state index in [0.717, 1.165) is 17.8 Å². The number of rotatable bonds is 4. The number of benzene rings is 1. The van der Waals surface area contributed by atoms with Gasteiger partial charge in [0.2, 0.25) is 0 Å². The first-order valence-electron chi connectivity index (χ1n) is 6.98. The van der Waals surface area contributed by atoms with E-state index in [0.29, 0.717) is 0 Å². The molecule has 0 amide bonds. The smallest absolute Gasteiger partial charge is 0.0625 e. The van der Waals surface area contributed by atoms with Crippen LogP contribution in [-0.2, 0) is 11.8 Å². The van der Waals surface area contributed by atoms with Crippen molar-refractivity contribution >= 4 is 11.8 Å². The van der Waals surface area contributed by atoms with Gasteiger partial charge in [-0.25, -0.2) is 0 Å². The van der Waals surface area contributed by atoms with Crippen molar-refractivity contribution in [2.75, 3.05) is 5.75 Å². The van der Waals surface area contributed by atoms with E-state index in [2.05, 4.69) is 44.2 Å². The third-order valence-corrected chi connectivity index (χ3v) is 5.48. The molecular formula is C16H25S+. The van der Waals surface area contributed by atoms with Crippen LogP contribution in [0.1, 0.15) is 39.5 Å². The fraction of sp³-hybridized carbons (Fsp3) is 0.625. The molecule has 0 nitrogen and oxygen atoms in total. The molecule has 0 aromatic heterocycles. The topological polar surface area (TPSA) is 0 Å². The third kappa shape index (κ3) is 4.06. The minimum absolute atomic E-state index is 0.891. The highest BCUT2D eigenvalue weighted by molar-refractivity contribution is 7.78. The summed E-state index contributed by atoms with van der Waals surface area (Å²) in [7, 11) is 0. The molecule has 1 aromatic carbocycles. The van der Waals surface area contributed by atoms with Gasteiger partial charge in [0, 0.05) is 17.7 Å². The van der Waals surface area contributed by atoms with Crippen LogP contribution in [0.3, 0.4) is 0 Å². The zero-order chi connectivity index (χ0) is 12.1. The molecule has 94 valence electrons. The molecule has 17 heavy (non-hydrogen) atoms. The first-order chi connectivity index (χ1) is 8.25. The monoisotopic (exact) mass is 249 g/mol. The summed E-state index contributed by atoms with van der Waals surface area (Å²) < 4.78 is 0. The van der Waals surface area contributed by atoms with Gasteiger partial charge in [-0.15, -0.1) is 0 Å². The van der Waals surface area contributed by atoms with Crippen LogP contribution in [-0.4, -0.2) is 5.75 Å². The Kier molecular flexibility index (Phi) is 4.97. The van der Waals surface area contributed by atoms with E-state index in [1.54, 1.807) is 0 Å². The van der Waals surface area contributed by atoms with Crippen molar-refractivity contribution in [2.45, 2.75) is 44.4 Å². The van der Waals surface area contributed by atoms with Crippen LogP contribution in [0, 0.1) is 17.8 Å². The van der Waals surface area contributed by atoms with Crippen LogP contribution in [0.5, 0.6) is 0 Å². The average Bonchev–Trinajstić information content (AvgIpc) is 2.38. The first kappa shape index (κ1) is 13.0. The Hall–Kier alpha value is -0.430. The quantitative estimate of drug-likeness (QED) is 0.550. The van der Waals surface area contributed by atoms with E-state index >= 15 is 0 Å². The van der Waals surface area contributed by atoms with E-state index in [-0.39, 0.29) is 0 Å². The molecule has 1 aromatic rings. The molecule has 1 aliphatic rings. The first-order valence-corrected chi connectivity index (χ1v) is 8.06. The minimum Gasteiger partial charge on any atom is -0.0625 e. The van der Waals surface area contributed by atoms with Gasteiger partial charge >= 0.3 is 0 Å². The number of thiol groups is 1. The summed E-state index contributed by atoms with van der Waals surface area (Å²) in [4.78, 5) is 1.48. The van der Waals surface area contributed by atoms with Gasteiger partial charge in [-0.05, 0) is 49.7 Å². The van der Waals surface area contributed by atoms with Gasteiger partial charge in [-0.3, -0.25) is 0 Å². The Morgan fingerprint density at radius 1 is 1.06 bits per heavy atom. The zero-order valence-corrected chi connectivity index (χ0v) is 12.0. The second-order valence-electron chi connectivity index (χ2n) is 5.70. The second-order valence-corrected chi connectivity index (χ2v) is 6.90. The molecule has 0 atom stereocenters. The van der Waals surface area contributed by atoms with Crippen LogP contribution in [0.15, 0.2) is 35.2 Å². The number of hydrogen-bond acceptors (Lipinski definition) is 0. The summed E-state index contributed by atoms with van der Waals surface area (Å²) in [6, 6.07) is 10.9. The molecule has 1 aliphatic carbocycles. The number of hydrogen-bond donors (Lipinski definition) is 0. The zero-order valence-electron chi connectivity index (χ0n) is 11.1. The Morgan fingerprint density at radius 3 is 2.29 bits per heavy atom. The average molecular weight is 249 g/mol. The largest absolute Gasteiger partial charge is 0.152 e. The summed E-state index contributed by atoms with van der Waals surface area (Å²) in [6.45, 7) is 4.76. The lowest BCUT2D eigenvalue weighted by Gasteiger charge is -2.29. The summed E-state index contributed by atoms with van der Waals surface area (Å²) in [5, 5.41) is 0. The molecule has 1 fully saturated rings. The van der Waals surface area contributed by atoms with Crippen molar-refractivity contribution in [2.24, 2.45) is 17.8 Å². The van der Waals surface area contributed by atoms with E-state index in [1.165, 1.54) is 48.1 Å². The van der Waals surface area contributed by atoms with Crippen molar-refractivity contribution < 1.29 is 0 Å². The minimum atomic E-state index is 0.891. The maximum atomic E-state index is 2.38. The maximum Gasteiger partial charge on any atom is 0.152 e. The fourth-order valence-electron chi connectivity index (χ4n) is 2.81. The Labute approximate surface area is 110 Å². The van der Waals surface area contributed by atoms with Crippen molar-refractivity contribution in [1.29, 1.82) is 0 Å². The molecule has 0 heterocycles. The second kappa shape index (κ2) is 6.49. The van der Waals surface area contributed by atoms with Crippen molar-refractivity contribution in [3.63, 3.8) is 0 Å². The molecule has 0 spiro atoms. The van der Waals surface area contributed by atoms with Crippen LogP contribution >= 0.6 is 0 Å². The predicted molar refractivity (Wildman–Crippen MR) is 78.6 cm³/mol. The molecule has 0 radical (unpaired) electrons. The lowest BCUT2D eigenvalue weighted by atomic mass is 9.78. The standard InChI is InChI=1S/C16H24S/c1-13(2)15-10-8-14(9-11-15)12-17-16-6-4-3-5-7-16/h3-7,13-15H,8-12H2,1-2H3/p+1. The Balaban J connectivity index is 1.72. The highest BCUT2D eigenvalue weighted by atomic mass is 32.2. The van der Waals surface area contributed by atoms with Crippen molar-refractivity contribution in [3.05, 3.63) is 30.3 Å². The van der Waals surface area contributed by atoms with Gasteiger partial charge in [-0.1, -0.05) is 32.0 Å². The van der Waals surface area contributed by atoms with E-state index in [4.69, 9.17) is 0 Å². The molecule has 0 N–H and O–H groups in total. The van der Waals surface area contributed by atoms with Crippen molar-refractivity contribution in [1.82, 2.24) is 0 Å². The Bertz CT molecular complexity index is 310. The van der Waals surface area contributed by atoms with Crippen LogP contribution in [0.2, 0.25) is 0 Å². The normalized spacial score (nSPS) is 25.1. The molecule has 0 aliphatic heterocycles. The highest BCUT2D eigenvalue weighted by Gasteiger charge is 2.25. The van der Waals surface area contributed by atoms with Crippen molar-refractivity contribution in [3.8, 4) is 0 Å². The molecule has 0 saturated heterocycles. The van der Waals surface area contributed by atoms with Gasteiger partial charge in [-0.2, -0.15) is 0 Å². The van der Waals surface area contributed by atoms with Gasteiger partial charge in [0.25, 0.3) is 0 Å². The molecule has 2 rings (SSSR count). The lowest BCUT2D eigenvalue weighted by Crippen LogP contribution is -2.21. The maximum absolute atomic E-state index is 2.38. The highest BCUT2D eigenvalue weighted by Crippen LogP contribution is 2.33. The summed E-state index contributed by atoms with van der Waals surface area (Å²) in [5.41, 5.74) is 0. The predicted octanol–water partition coefficient (Wildman–Crippen LogP) is 4.32. The summed E-state index contributed by atoms with van der Waals surface area (Å²) in [5.74, 6) is 4.24. The van der Waals surface area contributed by atoms with Gasteiger partial charge in [0.15, 0.2) is 4.90 Å². The van der Waals surface area contributed by atoms with Gasteiger partial charge in [0.1, 0.15) is 5.75 Å². The van der Waals surface area contributed by atoms with Gasteiger partial charge in [0.05, 0.1) is 0 Å². The van der Waals surface area contributed by atoms with Crippen LogP contribution in [0.25, 0.3) is 0 Å². The molecule has 1 saturated carbocycles. The lowest BCUT2D eigenvalue weighted by molar-refractivity contribution is 0.237. The van der Waals surface area contributed by atoms with Crippen LogP contribution < -0.4 is 0 Å². The molecule has 0 bridgehead atoms. The molecule has 0 unspecified atom stereocenters.